The summed E-state index contributed by atoms with van der Waals surface area (Å²) in [6.07, 6.45) is 3.23. The smallest absolute Gasteiger partial charge is 0.252 e. The van der Waals surface area contributed by atoms with Gasteiger partial charge < -0.3 is 15.4 Å². The zero-order valence-electron chi connectivity index (χ0n) is 13.7. The minimum atomic E-state index is -0.321. The Morgan fingerprint density at radius 3 is 2.59 bits per heavy atom. The van der Waals surface area contributed by atoms with E-state index in [4.69, 9.17) is 10.5 Å². The molecule has 4 nitrogen and oxygen atoms in total. The number of amides is 1. The van der Waals surface area contributed by atoms with Gasteiger partial charge in [-0.1, -0.05) is 44.2 Å². The van der Waals surface area contributed by atoms with Crippen molar-refractivity contribution in [2.24, 2.45) is 5.73 Å². The maximum Gasteiger partial charge on any atom is 0.252 e. The fourth-order valence-corrected chi connectivity index (χ4v) is 3.22. The Balaban J connectivity index is 2.15. The summed E-state index contributed by atoms with van der Waals surface area (Å²) >= 11 is 0. The van der Waals surface area contributed by atoms with Crippen molar-refractivity contribution in [2.75, 3.05) is 13.1 Å². The van der Waals surface area contributed by atoms with Gasteiger partial charge in [0.25, 0.3) is 5.91 Å². The summed E-state index contributed by atoms with van der Waals surface area (Å²) in [5.41, 5.74) is 6.85. The summed E-state index contributed by atoms with van der Waals surface area (Å²) in [4.78, 5) is 14.9. The lowest BCUT2D eigenvalue weighted by Crippen LogP contribution is -2.42. The van der Waals surface area contributed by atoms with Crippen LogP contribution in [0.25, 0.3) is 0 Å². The minimum Gasteiger partial charge on any atom is -0.364 e. The van der Waals surface area contributed by atoms with Crippen molar-refractivity contribution < 1.29 is 9.53 Å². The summed E-state index contributed by atoms with van der Waals surface area (Å²) in [7, 11) is 0. The first-order chi connectivity index (χ1) is 10.7. The third kappa shape index (κ3) is 3.87. The van der Waals surface area contributed by atoms with Gasteiger partial charge in [0, 0.05) is 13.1 Å². The van der Waals surface area contributed by atoms with Gasteiger partial charge in [-0.15, -0.1) is 0 Å². The minimum absolute atomic E-state index is 0.0363. The van der Waals surface area contributed by atoms with Crippen LogP contribution in [0.15, 0.2) is 30.3 Å². The molecule has 0 radical (unpaired) electrons. The average Bonchev–Trinajstić information content (AvgIpc) is 3.04. The average molecular weight is 304 g/mol. The highest BCUT2D eigenvalue weighted by Gasteiger charge is 2.35. The quantitative estimate of drug-likeness (QED) is 0.842. The third-order valence-electron chi connectivity index (χ3n) is 4.34. The number of hydrogen-bond donors (Lipinski definition) is 1. The molecular weight excluding hydrogens is 276 g/mol. The van der Waals surface area contributed by atoms with Gasteiger partial charge in [0.1, 0.15) is 6.10 Å². The molecule has 22 heavy (non-hydrogen) atoms. The lowest BCUT2D eigenvalue weighted by molar-refractivity contribution is -0.145. The van der Waals surface area contributed by atoms with Crippen LogP contribution in [0.5, 0.6) is 0 Å². The standard InChI is InChI=1S/C18H28N2O2/c1-3-12-20(16(4-2)14-8-6-5-7-9-14)18(21)17-11-10-15(13-19)22-17/h5-9,15-17H,3-4,10-13,19H2,1-2H3/t15-,16?,17+/m1/s1. The molecule has 1 amide bonds. The molecule has 1 unspecified atom stereocenters. The van der Waals surface area contributed by atoms with Crippen LogP contribution in [0.4, 0.5) is 0 Å². The Kier molecular flexibility index (Phi) is 6.40. The van der Waals surface area contributed by atoms with Gasteiger partial charge in [0.2, 0.25) is 0 Å². The number of nitrogens with zero attached hydrogens (tertiary/aromatic N) is 1. The van der Waals surface area contributed by atoms with E-state index in [0.29, 0.717) is 6.54 Å². The van der Waals surface area contributed by atoms with Gasteiger partial charge in [-0.3, -0.25) is 4.79 Å². The lowest BCUT2D eigenvalue weighted by atomic mass is 10.0. The predicted molar refractivity (Wildman–Crippen MR) is 88.4 cm³/mol. The number of ether oxygens (including phenoxy) is 1. The molecule has 0 aromatic heterocycles. The van der Waals surface area contributed by atoms with Crippen LogP contribution in [0, 0.1) is 0 Å². The van der Waals surface area contributed by atoms with E-state index in [0.717, 1.165) is 32.2 Å². The highest BCUT2D eigenvalue weighted by Crippen LogP contribution is 2.28. The van der Waals surface area contributed by atoms with E-state index in [1.807, 2.05) is 23.1 Å². The van der Waals surface area contributed by atoms with E-state index in [2.05, 4.69) is 26.0 Å². The summed E-state index contributed by atoms with van der Waals surface area (Å²) in [6.45, 7) is 5.49. The first kappa shape index (κ1) is 17.0. The second-order valence-electron chi connectivity index (χ2n) is 5.93. The number of carbonyl (C=O) groups excluding carboxylic acids is 1. The first-order valence-corrected chi connectivity index (χ1v) is 8.42. The zero-order chi connectivity index (χ0) is 15.9. The van der Waals surface area contributed by atoms with Gasteiger partial charge >= 0.3 is 0 Å². The largest absolute Gasteiger partial charge is 0.364 e. The topological polar surface area (TPSA) is 55.6 Å². The molecule has 1 fully saturated rings. The molecule has 0 bridgehead atoms. The number of benzene rings is 1. The van der Waals surface area contributed by atoms with E-state index in [-0.39, 0.29) is 24.2 Å². The number of hydrogen-bond acceptors (Lipinski definition) is 3. The second-order valence-corrected chi connectivity index (χ2v) is 5.93. The molecule has 1 aromatic carbocycles. The summed E-state index contributed by atoms with van der Waals surface area (Å²) in [5, 5.41) is 0. The zero-order valence-corrected chi connectivity index (χ0v) is 13.7. The molecule has 2 N–H and O–H groups in total. The normalized spacial score (nSPS) is 22.5. The molecule has 2 rings (SSSR count). The van der Waals surface area contributed by atoms with Crippen LogP contribution in [0.2, 0.25) is 0 Å². The molecule has 0 spiro atoms. The van der Waals surface area contributed by atoms with Gasteiger partial charge in [-0.2, -0.15) is 0 Å². The molecule has 1 saturated heterocycles. The molecule has 122 valence electrons. The van der Waals surface area contributed by atoms with Crippen molar-refractivity contribution in [3.63, 3.8) is 0 Å². The Morgan fingerprint density at radius 2 is 2.05 bits per heavy atom. The Bertz CT molecular complexity index is 463. The van der Waals surface area contributed by atoms with Gasteiger partial charge in [-0.25, -0.2) is 0 Å². The Morgan fingerprint density at radius 1 is 1.32 bits per heavy atom. The lowest BCUT2D eigenvalue weighted by Gasteiger charge is -2.33. The summed E-state index contributed by atoms with van der Waals surface area (Å²) < 4.78 is 5.81. The van der Waals surface area contributed by atoms with E-state index < -0.39 is 0 Å². The van der Waals surface area contributed by atoms with Gasteiger partial charge in [0.15, 0.2) is 0 Å². The number of rotatable bonds is 7. The number of carbonyl (C=O) groups is 1. The van der Waals surface area contributed by atoms with Crippen molar-refractivity contribution in [2.45, 2.75) is 57.8 Å². The van der Waals surface area contributed by atoms with Crippen molar-refractivity contribution >= 4 is 5.91 Å². The Hall–Kier alpha value is -1.39. The van der Waals surface area contributed by atoms with Gasteiger partial charge in [-0.05, 0) is 31.2 Å². The molecule has 0 saturated carbocycles. The van der Waals surface area contributed by atoms with Gasteiger partial charge in [0.05, 0.1) is 12.1 Å². The monoisotopic (exact) mass is 304 g/mol. The second kappa shape index (κ2) is 8.30. The van der Waals surface area contributed by atoms with Crippen LogP contribution in [-0.4, -0.2) is 36.1 Å². The molecule has 1 heterocycles. The highest BCUT2D eigenvalue weighted by molar-refractivity contribution is 5.81. The number of nitrogens with two attached hydrogens (primary N) is 1. The molecule has 1 aliphatic heterocycles. The molecule has 1 aliphatic rings. The van der Waals surface area contributed by atoms with E-state index >= 15 is 0 Å². The fourth-order valence-electron chi connectivity index (χ4n) is 3.22. The molecule has 1 aromatic rings. The molecular formula is C18H28N2O2. The summed E-state index contributed by atoms with van der Waals surface area (Å²) in [6, 6.07) is 10.4. The first-order valence-electron chi connectivity index (χ1n) is 8.42. The van der Waals surface area contributed by atoms with E-state index in [1.54, 1.807) is 0 Å². The van der Waals surface area contributed by atoms with Crippen molar-refractivity contribution in [1.29, 1.82) is 0 Å². The molecule has 0 aliphatic carbocycles. The van der Waals surface area contributed by atoms with Crippen molar-refractivity contribution in [3.05, 3.63) is 35.9 Å². The van der Waals surface area contributed by atoms with Crippen LogP contribution in [-0.2, 0) is 9.53 Å². The fraction of sp³-hybridized carbons (Fsp3) is 0.611. The summed E-state index contributed by atoms with van der Waals surface area (Å²) in [5.74, 6) is 0.119. The van der Waals surface area contributed by atoms with Crippen LogP contribution in [0.3, 0.4) is 0 Å². The molecule has 3 atom stereocenters. The SMILES string of the molecule is CCCN(C(=O)[C@@H]1CC[C@H](CN)O1)C(CC)c1ccccc1. The van der Waals surface area contributed by atoms with E-state index in [1.165, 1.54) is 5.56 Å². The maximum absolute atomic E-state index is 12.9. The Labute approximate surface area is 133 Å². The van der Waals surface area contributed by atoms with Crippen molar-refractivity contribution in [1.82, 2.24) is 4.90 Å². The van der Waals surface area contributed by atoms with Crippen LogP contribution < -0.4 is 5.73 Å². The molecule has 4 heteroatoms. The van der Waals surface area contributed by atoms with Crippen LogP contribution >= 0.6 is 0 Å². The maximum atomic E-state index is 12.9. The van der Waals surface area contributed by atoms with E-state index in [9.17, 15) is 4.79 Å². The predicted octanol–water partition coefficient (Wildman–Crippen LogP) is 2.88. The highest BCUT2D eigenvalue weighted by atomic mass is 16.5. The third-order valence-corrected chi connectivity index (χ3v) is 4.34. The van der Waals surface area contributed by atoms with Crippen LogP contribution in [0.1, 0.15) is 51.1 Å². The van der Waals surface area contributed by atoms with Crippen molar-refractivity contribution in [3.8, 4) is 0 Å².